The van der Waals surface area contributed by atoms with Gasteiger partial charge < -0.3 is 10.1 Å². The van der Waals surface area contributed by atoms with Crippen LogP contribution in [0.15, 0.2) is 48.5 Å². The third kappa shape index (κ3) is 2.70. The van der Waals surface area contributed by atoms with Crippen molar-refractivity contribution in [3.63, 3.8) is 0 Å². The summed E-state index contributed by atoms with van der Waals surface area (Å²) in [4.78, 5) is 37.8. The molecule has 3 amide bonds. The molecule has 1 atom stereocenters. The lowest BCUT2D eigenvalue weighted by Crippen LogP contribution is -2.39. The predicted molar refractivity (Wildman–Crippen MR) is 92.3 cm³/mol. The molecule has 1 heterocycles. The highest BCUT2D eigenvalue weighted by Gasteiger charge is 2.36. The van der Waals surface area contributed by atoms with Gasteiger partial charge in [0.2, 0.25) is 0 Å². The molecule has 1 N–H and O–H groups in total. The molecular formula is C19H18N2O4. The Morgan fingerprint density at radius 1 is 1.04 bits per heavy atom. The average Bonchev–Trinajstić information content (AvgIpc) is 2.85. The number of fused-ring (bicyclic) bond motifs is 1. The summed E-state index contributed by atoms with van der Waals surface area (Å²) < 4.78 is 5.46. The molecule has 2 aromatic rings. The number of imide groups is 1. The quantitative estimate of drug-likeness (QED) is 0.869. The number of amides is 3. The number of carbonyl (C=O) groups excluding carboxylic acids is 3. The van der Waals surface area contributed by atoms with E-state index in [-0.39, 0.29) is 23.3 Å². The van der Waals surface area contributed by atoms with Gasteiger partial charge in [-0.25, -0.2) is 0 Å². The van der Waals surface area contributed by atoms with Gasteiger partial charge in [-0.05, 0) is 30.7 Å². The predicted octanol–water partition coefficient (Wildman–Crippen LogP) is 2.41. The molecule has 3 rings (SSSR count). The highest BCUT2D eigenvalue weighted by atomic mass is 16.5. The van der Waals surface area contributed by atoms with Crippen LogP contribution in [0.3, 0.4) is 0 Å². The summed E-state index contributed by atoms with van der Waals surface area (Å²) >= 11 is 0. The van der Waals surface area contributed by atoms with Crippen LogP contribution < -0.4 is 5.32 Å². The van der Waals surface area contributed by atoms with E-state index in [9.17, 15) is 14.4 Å². The molecule has 6 nitrogen and oxygen atoms in total. The van der Waals surface area contributed by atoms with E-state index in [0.717, 1.165) is 4.90 Å². The second-order valence-corrected chi connectivity index (χ2v) is 5.99. The summed E-state index contributed by atoms with van der Waals surface area (Å²) in [6.07, 6.45) is 0. The first-order valence-electron chi connectivity index (χ1n) is 7.77. The molecule has 0 saturated heterocycles. The molecule has 1 aliphatic rings. The van der Waals surface area contributed by atoms with Crippen LogP contribution >= 0.6 is 0 Å². The zero-order chi connectivity index (χ0) is 18.2. The molecule has 0 bridgehead atoms. The number of nitrogens with zero attached hydrogens (tertiary/aromatic N) is 1. The van der Waals surface area contributed by atoms with Gasteiger partial charge in [-0.1, -0.05) is 30.3 Å². The molecule has 0 unspecified atom stereocenters. The second-order valence-electron chi connectivity index (χ2n) is 5.99. The van der Waals surface area contributed by atoms with Crippen LogP contribution in [-0.2, 0) is 15.1 Å². The van der Waals surface area contributed by atoms with Gasteiger partial charge in [0.15, 0.2) is 5.60 Å². The van der Waals surface area contributed by atoms with E-state index in [1.54, 1.807) is 19.1 Å². The van der Waals surface area contributed by atoms with Crippen LogP contribution in [0, 0.1) is 0 Å². The minimum atomic E-state index is -1.18. The maximum absolute atomic E-state index is 12.8. The van der Waals surface area contributed by atoms with Crippen molar-refractivity contribution >= 4 is 23.4 Å². The summed E-state index contributed by atoms with van der Waals surface area (Å²) in [5.74, 6) is -1.09. The van der Waals surface area contributed by atoms with Gasteiger partial charge in [0.1, 0.15) is 0 Å². The summed E-state index contributed by atoms with van der Waals surface area (Å²) in [5.41, 5.74) is 0.574. The molecule has 0 aliphatic carbocycles. The van der Waals surface area contributed by atoms with Gasteiger partial charge >= 0.3 is 0 Å². The standard InChI is InChI=1S/C19H18N2O4/c1-19(25-3,12-7-5-4-6-8-12)18(24)20-13-9-10-14-15(11-13)17(23)21(2)16(14)22/h4-11H,1-3H3,(H,20,24)/t19-/m0/s1. The Balaban J connectivity index is 1.89. The number of nitrogens with one attached hydrogen (secondary N) is 1. The van der Waals surface area contributed by atoms with E-state index < -0.39 is 5.60 Å². The maximum Gasteiger partial charge on any atom is 0.261 e. The number of hydrogen-bond donors (Lipinski definition) is 1. The van der Waals surface area contributed by atoms with Crippen LogP contribution in [0.2, 0.25) is 0 Å². The van der Waals surface area contributed by atoms with Gasteiger partial charge in [-0.15, -0.1) is 0 Å². The lowest BCUT2D eigenvalue weighted by Gasteiger charge is -2.27. The number of ether oxygens (including phenoxy) is 1. The second kappa shape index (κ2) is 6.14. The molecule has 1 aliphatic heterocycles. The Bertz CT molecular complexity index is 863. The highest BCUT2D eigenvalue weighted by molar-refractivity contribution is 6.21. The maximum atomic E-state index is 12.8. The molecule has 0 fully saturated rings. The minimum Gasteiger partial charge on any atom is -0.364 e. The largest absolute Gasteiger partial charge is 0.364 e. The third-order valence-electron chi connectivity index (χ3n) is 4.51. The molecular weight excluding hydrogens is 320 g/mol. The first-order chi connectivity index (χ1) is 11.9. The molecule has 0 spiro atoms. The topological polar surface area (TPSA) is 75.7 Å². The zero-order valence-corrected chi connectivity index (χ0v) is 14.2. The summed E-state index contributed by atoms with van der Waals surface area (Å²) in [6, 6.07) is 13.8. The molecule has 6 heteroatoms. The zero-order valence-electron chi connectivity index (χ0n) is 14.2. The third-order valence-corrected chi connectivity index (χ3v) is 4.51. The molecule has 2 aromatic carbocycles. The molecule has 0 saturated carbocycles. The molecule has 0 radical (unpaired) electrons. The lowest BCUT2D eigenvalue weighted by molar-refractivity contribution is -0.136. The average molecular weight is 338 g/mol. The normalized spacial score (nSPS) is 15.7. The van der Waals surface area contributed by atoms with E-state index >= 15 is 0 Å². The summed E-state index contributed by atoms with van der Waals surface area (Å²) in [7, 11) is 2.90. The number of methoxy groups -OCH3 is 1. The number of carbonyl (C=O) groups is 3. The Labute approximate surface area is 145 Å². The number of benzene rings is 2. The van der Waals surface area contributed by atoms with Crippen LogP contribution in [-0.4, -0.2) is 36.8 Å². The van der Waals surface area contributed by atoms with Crippen LogP contribution in [0.25, 0.3) is 0 Å². The number of anilines is 1. The molecule has 128 valence electrons. The Kier molecular flexibility index (Phi) is 4.14. The number of hydrogen-bond acceptors (Lipinski definition) is 4. The smallest absolute Gasteiger partial charge is 0.261 e. The minimum absolute atomic E-state index is 0.282. The van der Waals surface area contributed by atoms with E-state index in [2.05, 4.69) is 5.32 Å². The van der Waals surface area contributed by atoms with Crippen molar-refractivity contribution in [1.29, 1.82) is 0 Å². The summed E-state index contributed by atoms with van der Waals surface area (Å²) in [5, 5.41) is 2.77. The van der Waals surface area contributed by atoms with E-state index in [4.69, 9.17) is 4.74 Å². The first kappa shape index (κ1) is 16.9. The van der Waals surface area contributed by atoms with E-state index in [0.29, 0.717) is 16.8 Å². The van der Waals surface area contributed by atoms with Crippen LogP contribution in [0.4, 0.5) is 5.69 Å². The van der Waals surface area contributed by atoms with Crippen LogP contribution in [0.1, 0.15) is 33.2 Å². The van der Waals surface area contributed by atoms with E-state index in [1.165, 1.54) is 20.2 Å². The van der Waals surface area contributed by atoms with Gasteiger partial charge in [-0.2, -0.15) is 0 Å². The van der Waals surface area contributed by atoms with Crippen LogP contribution in [0.5, 0.6) is 0 Å². The fraction of sp³-hybridized carbons (Fsp3) is 0.211. The lowest BCUT2D eigenvalue weighted by atomic mass is 9.94. The van der Waals surface area contributed by atoms with Gasteiger partial charge in [0, 0.05) is 19.8 Å². The van der Waals surface area contributed by atoms with Crippen molar-refractivity contribution in [1.82, 2.24) is 4.90 Å². The fourth-order valence-electron chi connectivity index (χ4n) is 2.79. The van der Waals surface area contributed by atoms with Crippen molar-refractivity contribution in [2.75, 3.05) is 19.5 Å². The Morgan fingerprint density at radius 3 is 2.32 bits per heavy atom. The van der Waals surface area contributed by atoms with Crippen molar-refractivity contribution < 1.29 is 19.1 Å². The number of rotatable bonds is 4. The Hall–Kier alpha value is -2.99. The van der Waals surface area contributed by atoms with Gasteiger partial charge in [0.25, 0.3) is 17.7 Å². The van der Waals surface area contributed by atoms with E-state index in [1.807, 2.05) is 30.3 Å². The fourth-order valence-corrected chi connectivity index (χ4v) is 2.79. The highest BCUT2D eigenvalue weighted by Crippen LogP contribution is 2.28. The monoisotopic (exact) mass is 338 g/mol. The Morgan fingerprint density at radius 2 is 1.68 bits per heavy atom. The van der Waals surface area contributed by atoms with Gasteiger partial charge in [0.05, 0.1) is 11.1 Å². The molecule has 25 heavy (non-hydrogen) atoms. The first-order valence-corrected chi connectivity index (χ1v) is 7.77. The SMILES string of the molecule is CO[C@](C)(C(=O)Nc1ccc2c(c1)C(=O)N(C)C2=O)c1ccccc1. The van der Waals surface area contributed by atoms with Crippen molar-refractivity contribution in [2.24, 2.45) is 0 Å². The van der Waals surface area contributed by atoms with Crippen molar-refractivity contribution in [3.8, 4) is 0 Å². The van der Waals surface area contributed by atoms with Gasteiger partial charge in [-0.3, -0.25) is 19.3 Å². The molecule has 0 aromatic heterocycles. The van der Waals surface area contributed by atoms with Crippen molar-refractivity contribution in [3.05, 3.63) is 65.2 Å². The van der Waals surface area contributed by atoms with Crippen molar-refractivity contribution in [2.45, 2.75) is 12.5 Å². The summed E-state index contributed by atoms with van der Waals surface area (Å²) in [6.45, 7) is 1.67.